The number of rotatable bonds is 12. The Kier molecular flexibility index (Phi) is 10.2. The Morgan fingerprint density at radius 3 is 2.54 bits per heavy atom. The van der Waals surface area contributed by atoms with E-state index in [0.29, 0.717) is 24.8 Å². The van der Waals surface area contributed by atoms with Gasteiger partial charge in [-0.2, -0.15) is 0 Å². The summed E-state index contributed by atoms with van der Waals surface area (Å²) in [5.41, 5.74) is -0.382. The molecule has 0 unspecified atom stereocenters. The third-order valence-electron chi connectivity index (χ3n) is 12.9. The van der Waals surface area contributed by atoms with E-state index in [2.05, 4.69) is 22.5 Å². The first kappa shape index (κ1) is 37.4. The second-order valence-corrected chi connectivity index (χ2v) is 15.8. The highest BCUT2D eigenvalue weighted by Gasteiger charge is 2.68. The number of H-pyrrole nitrogens is 1. The summed E-state index contributed by atoms with van der Waals surface area (Å²) in [5, 5.41) is 39.0. The molecular formula is C39H49N3O10. The number of aromatic amines is 1. The van der Waals surface area contributed by atoms with Gasteiger partial charge in [-0.05, 0) is 86.3 Å². The van der Waals surface area contributed by atoms with Gasteiger partial charge in [0.25, 0.3) is 0 Å². The van der Waals surface area contributed by atoms with E-state index in [0.717, 1.165) is 29.3 Å². The molecule has 0 bridgehead atoms. The van der Waals surface area contributed by atoms with Gasteiger partial charge in [0.1, 0.15) is 17.7 Å². The number of para-hydroxylation sites is 1. The van der Waals surface area contributed by atoms with Gasteiger partial charge >= 0.3 is 11.9 Å². The summed E-state index contributed by atoms with van der Waals surface area (Å²) in [5.74, 6) is -3.96. The standard InChI is InChI=1S/C39H49N3O10/c1-21(35(48)42-29(36(49)50)16-22-19-40-28-7-5-4-6-25(22)28)41-32(46)10-11-33(47)52-20-31(45)39(51)15-13-27-26-9-8-23-17-24(43)12-14-37(23,2)34(26)30(44)18-38(27,39)3/h4-7,17,19,21,26-27,29-30,34,40,44,51H,8-16,18,20H2,1-3H3,(H,41,46)(H,42,48)(H,49,50)/t21-,26+,27+,29+,30+,34-,37+,38+,39+/m1/s1. The Balaban J connectivity index is 0.978. The van der Waals surface area contributed by atoms with Crippen molar-refractivity contribution in [2.24, 2.45) is 28.6 Å². The maximum Gasteiger partial charge on any atom is 0.326 e. The van der Waals surface area contributed by atoms with E-state index >= 15 is 0 Å². The molecular weight excluding hydrogens is 670 g/mol. The van der Waals surface area contributed by atoms with E-state index in [1.165, 1.54) is 6.92 Å². The fourth-order valence-electron chi connectivity index (χ4n) is 10.1. The summed E-state index contributed by atoms with van der Waals surface area (Å²) in [6.07, 6.45) is 5.61. The van der Waals surface area contributed by atoms with Crippen LogP contribution < -0.4 is 10.6 Å². The number of aliphatic hydroxyl groups excluding tert-OH is 1. The molecule has 4 aliphatic rings. The normalized spacial score (nSPS) is 32.0. The van der Waals surface area contributed by atoms with Gasteiger partial charge in [-0.15, -0.1) is 0 Å². The Hall–Kier alpha value is -4.36. The molecule has 13 nitrogen and oxygen atoms in total. The van der Waals surface area contributed by atoms with E-state index in [9.17, 15) is 44.1 Å². The predicted molar refractivity (Wildman–Crippen MR) is 187 cm³/mol. The van der Waals surface area contributed by atoms with E-state index in [1.807, 2.05) is 31.2 Å². The molecule has 3 saturated carbocycles. The number of allylic oxidation sites excluding steroid dienone is 1. The number of benzene rings is 1. The molecule has 0 radical (unpaired) electrons. The zero-order valence-corrected chi connectivity index (χ0v) is 29.9. The van der Waals surface area contributed by atoms with Crippen LogP contribution in [0.3, 0.4) is 0 Å². The second-order valence-electron chi connectivity index (χ2n) is 15.8. The monoisotopic (exact) mass is 719 g/mol. The number of aromatic nitrogens is 1. The summed E-state index contributed by atoms with van der Waals surface area (Å²) >= 11 is 0. The number of ketones is 2. The Morgan fingerprint density at radius 1 is 1.04 bits per heavy atom. The highest BCUT2D eigenvalue weighted by Crippen LogP contribution is 2.67. The number of fused-ring (bicyclic) bond motifs is 6. The lowest BCUT2D eigenvalue weighted by Crippen LogP contribution is -2.62. The number of amides is 2. The van der Waals surface area contributed by atoms with Crippen molar-refractivity contribution in [2.45, 2.75) is 109 Å². The summed E-state index contributed by atoms with van der Waals surface area (Å²) in [7, 11) is 0. The number of ether oxygens (including phenoxy) is 1. The molecule has 1 aromatic carbocycles. The van der Waals surface area contributed by atoms with Crippen molar-refractivity contribution in [2.75, 3.05) is 6.61 Å². The lowest BCUT2D eigenvalue weighted by Gasteiger charge is -2.60. The van der Waals surface area contributed by atoms with Crippen molar-refractivity contribution in [3.05, 3.63) is 47.7 Å². The van der Waals surface area contributed by atoms with Crippen molar-refractivity contribution in [1.82, 2.24) is 15.6 Å². The number of carboxylic acid groups (broad SMARTS) is 1. The summed E-state index contributed by atoms with van der Waals surface area (Å²) in [6, 6.07) is 5.04. The molecule has 4 aliphatic carbocycles. The van der Waals surface area contributed by atoms with Crippen molar-refractivity contribution < 1.29 is 48.8 Å². The first-order valence-electron chi connectivity index (χ1n) is 18.3. The second kappa shape index (κ2) is 14.2. The number of hydrogen-bond acceptors (Lipinski definition) is 9. The zero-order valence-electron chi connectivity index (χ0n) is 29.9. The fraction of sp³-hybridized carbons (Fsp3) is 0.590. The van der Waals surface area contributed by atoms with Crippen LogP contribution in [0.4, 0.5) is 0 Å². The van der Waals surface area contributed by atoms with Gasteiger partial charge in [-0.3, -0.25) is 24.0 Å². The van der Waals surface area contributed by atoms with Crippen LogP contribution in [0.1, 0.15) is 84.1 Å². The summed E-state index contributed by atoms with van der Waals surface area (Å²) in [6.45, 7) is 4.71. The predicted octanol–water partition coefficient (Wildman–Crippen LogP) is 2.91. The van der Waals surface area contributed by atoms with Crippen LogP contribution in [0, 0.1) is 28.6 Å². The van der Waals surface area contributed by atoms with Gasteiger partial charge in [0.15, 0.2) is 12.4 Å². The minimum absolute atomic E-state index is 0.0218. The molecule has 0 saturated heterocycles. The minimum Gasteiger partial charge on any atom is -0.480 e. The minimum atomic E-state index is -1.80. The van der Waals surface area contributed by atoms with Crippen LogP contribution in [0.2, 0.25) is 0 Å². The molecule has 1 heterocycles. The van der Waals surface area contributed by atoms with Gasteiger partial charge in [0.2, 0.25) is 17.6 Å². The van der Waals surface area contributed by atoms with Crippen molar-refractivity contribution in [3.8, 4) is 0 Å². The number of carboxylic acids is 1. The van der Waals surface area contributed by atoms with Gasteiger partial charge in [0.05, 0.1) is 12.5 Å². The van der Waals surface area contributed by atoms with Gasteiger partial charge in [-0.25, -0.2) is 4.79 Å². The van der Waals surface area contributed by atoms with Crippen molar-refractivity contribution in [3.63, 3.8) is 0 Å². The zero-order chi connectivity index (χ0) is 37.6. The Morgan fingerprint density at radius 2 is 1.79 bits per heavy atom. The Labute approximate surface area is 301 Å². The molecule has 0 aliphatic heterocycles. The molecule has 6 N–H and O–H groups in total. The molecule has 13 heteroatoms. The number of carbonyl (C=O) groups excluding carboxylic acids is 5. The molecule has 52 heavy (non-hydrogen) atoms. The van der Waals surface area contributed by atoms with Crippen LogP contribution in [0.5, 0.6) is 0 Å². The number of carbonyl (C=O) groups is 6. The van der Waals surface area contributed by atoms with Crippen LogP contribution >= 0.6 is 0 Å². The van der Waals surface area contributed by atoms with Gasteiger partial charge in [-0.1, -0.05) is 37.6 Å². The van der Waals surface area contributed by atoms with Gasteiger partial charge in [0, 0.05) is 41.8 Å². The largest absolute Gasteiger partial charge is 0.480 e. The average molecular weight is 720 g/mol. The quantitative estimate of drug-likeness (QED) is 0.177. The molecule has 1 aromatic heterocycles. The first-order chi connectivity index (χ1) is 24.6. The number of Topliss-reactive ketones (excluding diaryl/α,β-unsaturated/α-hetero) is 1. The fourth-order valence-corrected chi connectivity index (χ4v) is 10.1. The van der Waals surface area contributed by atoms with E-state index in [4.69, 9.17) is 4.74 Å². The third kappa shape index (κ3) is 6.68. The summed E-state index contributed by atoms with van der Waals surface area (Å²) < 4.78 is 5.22. The van der Waals surface area contributed by atoms with Crippen molar-refractivity contribution in [1.29, 1.82) is 0 Å². The maximum absolute atomic E-state index is 13.6. The van der Waals surface area contributed by atoms with Crippen LogP contribution in [-0.2, 0) is 39.9 Å². The highest BCUT2D eigenvalue weighted by atomic mass is 16.5. The molecule has 3 fully saturated rings. The van der Waals surface area contributed by atoms with E-state index in [1.54, 1.807) is 12.3 Å². The lowest BCUT2D eigenvalue weighted by atomic mass is 9.45. The molecule has 6 rings (SSSR count). The number of aliphatic hydroxyl groups is 2. The molecule has 280 valence electrons. The molecule has 2 aromatic rings. The average Bonchev–Trinajstić information content (AvgIpc) is 3.63. The highest BCUT2D eigenvalue weighted by molar-refractivity contribution is 5.93. The number of nitrogens with one attached hydrogen (secondary N) is 3. The SMILES string of the molecule is C[C@@H](NC(=O)CCC(=O)OCC(=O)[C@@]1(O)CC[C@H]2[C@@H]3CCC4=CC(=O)CC[C@]4(C)[C@H]3[C@@H](O)C[C@@]21C)C(=O)N[C@@H](Cc1c[nH]c2ccccc12)C(=O)O. The molecule has 9 atom stereocenters. The van der Waals surface area contributed by atoms with E-state index < -0.39 is 65.3 Å². The van der Waals surface area contributed by atoms with Crippen molar-refractivity contribution >= 4 is 46.2 Å². The van der Waals surface area contributed by atoms with E-state index in [-0.39, 0.29) is 61.1 Å². The van der Waals surface area contributed by atoms with Crippen LogP contribution in [0.25, 0.3) is 10.9 Å². The van der Waals surface area contributed by atoms with Gasteiger partial charge < -0.3 is 35.7 Å². The first-order valence-corrected chi connectivity index (χ1v) is 18.3. The summed E-state index contributed by atoms with van der Waals surface area (Å²) in [4.78, 5) is 78.7. The number of esters is 1. The molecule has 2 amide bonds. The topological polar surface area (TPSA) is 212 Å². The maximum atomic E-state index is 13.6. The van der Waals surface area contributed by atoms with Crippen LogP contribution in [-0.4, -0.2) is 86.0 Å². The Bertz CT molecular complexity index is 1820. The number of aliphatic carboxylic acids is 1. The lowest BCUT2D eigenvalue weighted by molar-refractivity contribution is -0.184. The third-order valence-corrected chi connectivity index (χ3v) is 12.9. The number of hydrogen-bond donors (Lipinski definition) is 6. The van der Waals surface area contributed by atoms with Crippen LogP contribution in [0.15, 0.2) is 42.1 Å². The smallest absolute Gasteiger partial charge is 0.326 e. The molecule has 0 spiro atoms.